The monoisotopic (exact) mass is 419 g/mol. The summed E-state index contributed by atoms with van der Waals surface area (Å²) in [5.41, 5.74) is 1.59. The molecule has 1 amide bonds. The fraction of sp³-hybridized carbons (Fsp3) is 0.632. The van der Waals surface area contributed by atoms with Crippen molar-refractivity contribution in [2.45, 2.75) is 51.0 Å². The Balaban J connectivity index is 1.27. The van der Waals surface area contributed by atoms with Crippen LogP contribution in [-0.2, 0) is 11.2 Å². The molecule has 140 valence electrons. The number of piperidine rings is 2. The van der Waals surface area contributed by atoms with E-state index in [1.165, 1.54) is 45.2 Å². The second-order valence-electron chi connectivity index (χ2n) is 7.51. The van der Waals surface area contributed by atoms with Crippen molar-refractivity contribution < 1.29 is 4.79 Å². The van der Waals surface area contributed by atoms with Gasteiger partial charge < -0.3 is 15.2 Å². The lowest BCUT2D eigenvalue weighted by molar-refractivity contribution is -0.121. The van der Waals surface area contributed by atoms with Crippen LogP contribution in [0.5, 0.6) is 0 Å². The number of rotatable bonds is 5. The third-order valence-electron chi connectivity index (χ3n) is 5.73. The van der Waals surface area contributed by atoms with Gasteiger partial charge in [-0.05, 0) is 66.7 Å². The minimum Gasteiger partial charge on any atom is -0.356 e. The minimum absolute atomic E-state index is 0.118. The normalized spacial score (nSPS) is 23.7. The van der Waals surface area contributed by atoms with Crippen LogP contribution in [0.4, 0.5) is 0 Å². The number of amides is 1. The number of carbonyl (C=O) groups is 1. The number of nitrogens with one attached hydrogen (secondary N) is 2. The lowest BCUT2D eigenvalue weighted by Crippen LogP contribution is -2.51. The van der Waals surface area contributed by atoms with E-state index in [-0.39, 0.29) is 5.91 Å². The van der Waals surface area contributed by atoms with Gasteiger partial charge in [-0.15, -0.1) is 0 Å². The Kier molecular flexibility index (Phi) is 5.55. The van der Waals surface area contributed by atoms with Crippen molar-refractivity contribution >= 4 is 33.0 Å². The number of pyridine rings is 1. The average Bonchev–Trinajstić information content (AvgIpc) is 3.06. The van der Waals surface area contributed by atoms with Crippen LogP contribution in [0, 0.1) is 5.92 Å². The molecule has 0 bridgehead atoms. The smallest absolute Gasteiger partial charge is 0.220 e. The Labute approximate surface area is 162 Å². The maximum Gasteiger partial charge on any atom is 0.220 e. The van der Waals surface area contributed by atoms with Crippen LogP contribution in [0.3, 0.4) is 0 Å². The van der Waals surface area contributed by atoms with Crippen molar-refractivity contribution in [3.63, 3.8) is 0 Å². The lowest BCUT2D eigenvalue weighted by Gasteiger charge is -2.44. The fourth-order valence-corrected chi connectivity index (χ4v) is 4.75. The summed E-state index contributed by atoms with van der Waals surface area (Å²) in [7, 11) is 0. The molecule has 0 radical (unpaired) electrons. The van der Waals surface area contributed by atoms with Crippen LogP contribution >= 0.6 is 15.9 Å². The van der Waals surface area contributed by atoms with Gasteiger partial charge in [-0.25, -0.2) is 9.97 Å². The molecule has 0 unspecified atom stereocenters. The number of H-pyrrole nitrogens is 1. The van der Waals surface area contributed by atoms with Crippen LogP contribution in [0.2, 0.25) is 0 Å². The van der Waals surface area contributed by atoms with Gasteiger partial charge in [0, 0.05) is 36.1 Å². The predicted octanol–water partition coefficient (Wildman–Crippen LogP) is 3.03. The molecule has 2 aliphatic rings. The second-order valence-corrected chi connectivity index (χ2v) is 8.43. The summed E-state index contributed by atoms with van der Waals surface area (Å²) in [6.07, 6.45) is 9.27. The highest BCUT2D eigenvalue weighted by Crippen LogP contribution is 2.30. The number of hydrogen-bond acceptors (Lipinski definition) is 4. The van der Waals surface area contributed by atoms with Crippen molar-refractivity contribution in [2.75, 3.05) is 19.6 Å². The van der Waals surface area contributed by atoms with Crippen molar-refractivity contribution in [1.82, 2.24) is 25.2 Å². The molecule has 2 aliphatic heterocycles. The molecule has 2 atom stereocenters. The number of nitrogens with zero attached hydrogens (tertiary/aromatic N) is 3. The predicted molar refractivity (Wildman–Crippen MR) is 105 cm³/mol. The number of halogens is 1. The fourth-order valence-electron chi connectivity index (χ4n) is 4.42. The topological polar surface area (TPSA) is 73.9 Å². The summed E-state index contributed by atoms with van der Waals surface area (Å²) in [6, 6.07) is 2.63. The lowest BCUT2D eigenvalue weighted by atomic mass is 9.83. The van der Waals surface area contributed by atoms with E-state index in [2.05, 4.69) is 41.1 Å². The highest BCUT2D eigenvalue weighted by Gasteiger charge is 2.32. The zero-order valence-corrected chi connectivity index (χ0v) is 16.6. The Bertz CT molecular complexity index is 774. The molecule has 0 saturated carbocycles. The molecule has 2 fully saturated rings. The van der Waals surface area contributed by atoms with Crippen molar-refractivity contribution in [2.24, 2.45) is 5.92 Å². The molecule has 2 aromatic heterocycles. The Morgan fingerprint density at radius 3 is 3.12 bits per heavy atom. The first-order chi connectivity index (χ1) is 12.7. The molecule has 26 heavy (non-hydrogen) atoms. The zero-order valence-electron chi connectivity index (χ0n) is 15.0. The van der Waals surface area contributed by atoms with E-state index >= 15 is 0 Å². The Morgan fingerprint density at radius 1 is 1.31 bits per heavy atom. The van der Waals surface area contributed by atoms with E-state index in [4.69, 9.17) is 0 Å². The molecule has 2 saturated heterocycles. The highest BCUT2D eigenvalue weighted by atomic mass is 79.9. The summed E-state index contributed by atoms with van der Waals surface area (Å²) in [5.74, 6) is 1.55. The zero-order chi connectivity index (χ0) is 17.9. The third-order valence-corrected chi connectivity index (χ3v) is 6.17. The maximum absolute atomic E-state index is 12.3. The first-order valence-corrected chi connectivity index (χ1v) is 10.5. The van der Waals surface area contributed by atoms with Gasteiger partial charge >= 0.3 is 0 Å². The summed E-state index contributed by atoms with van der Waals surface area (Å²) in [6.45, 7) is 3.30. The summed E-state index contributed by atoms with van der Waals surface area (Å²) < 4.78 is 0.919. The van der Waals surface area contributed by atoms with Crippen LogP contribution in [-0.4, -0.2) is 51.4 Å². The summed E-state index contributed by atoms with van der Waals surface area (Å²) in [5, 5.41) is 3.17. The van der Waals surface area contributed by atoms with Crippen LogP contribution in [0.1, 0.15) is 44.3 Å². The standard InChI is InChI=1S/C19H26BrN5O/c20-14-10-15-19(22-12-14)24-17(23-15)6-7-18(26)21-11-13-4-3-9-25-8-2-1-5-16(13)25/h10,12-13,16H,1-9,11H2,(H,21,26)(H,22,23,24)/t13-,16-/m0/s1. The van der Waals surface area contributed by atoms with Gasteiger partial charge in [0.15, 0.2) is 5.65 Å². The number of aryl methyl sites for hydroxylation is 1. The van der Waals surface area contributed by atoms with Gasteiger partial charge in [0.2, 0.25) is 5.91 Å². The number of carbonyl (C=O) groups excluding carboxylic acids is 1. The van der Waals surface area contributed by atoms with Crippen LogP contribution in [0.25, 0.3) is 11.2 Å². The van der Waals surface area contributed by atoms with E-state index in [0.717, 1.165) is 22.4 Å². The van der Waals surface area contributed by atoms with Gasteiger partial charge in [0.05, 0.1) is 5.52 Å². The molecular weight excluding hydrogens is 394 g/mol. The van der Waals surface area contributed by atoms with Gasteiger partial charge in [-0.1, -0.05) is 6.42 Å². The molecule has 2 aromatic rings. The van der Waals surface area contributed by atoms with Gasteiger partial charge in [0.1, 0.15) is 5.82 Å². The highest BCUT2D eigenvalue weighted by molar-refractivity contribution is 9.10. The summed E-state index contributed by atoms with van der Waals surface area (Å²) >= 11 is 3.41. The SMILES string of the molecule is O=C(CCc1nc2ncc(Br)cc2[nH]1)NC[C@@H]1CCCN2CCCC[C@@H]12. The minimum atomic E-state index is 0.118. The van der Waals surface area contributed by atoms with Crippen molar-refractivity contribution in [3.8, 4) is 0 Å². The third kappa shape index (κ3) is 4.09. The average molecular weight is 420 g/mol. The van der Waals surface area contributed by atoms with Gasteiger partial charge in [-0.3, -0.25) is 4.79 Å². The number of aromatic nitrogens is 3. The quantitative estimate of drug-likeness (QED) is 0.780. The molecule has 4 rings (SSSR count). The van der Waals surface area contributed by atoms with Crippen molar-refractivity contribution in [3.05, 3.63) is 22.6 Å². The number of aromatic amines is 1. The largest absolute Gasteiger partial charge is 0.356 e. The molecule has 6 nitrogen and oxygen atoms in total. The molecule has 0 aliphatic carbocycles. The van der Waals surface area contributed by atoms with Crippen molar-refractivity contribution in [1.29, 1.82) is 0 Å². The Hall–Kier alpha value is -1.47. The maximum atomic E-state index is 12.3. The summed E-state index contributed by atoms with van der Waals surface area (Å²) in [4.78, 5) is 26.9. The molecule has 0 aromatic carbocycles. The van der Waals surface area contributed by atoms with E-state index < -0.39 is 0 Å². The van der Waals surface area contributed by atoms with Crippen LogP contribution < -0.4 is 5.32 Å². The van der Waals surface area contributed by atoms with Crippen LogP contribution in [0.15, 0.2) is 16.7 Å². The van der Waals surface area contributed by atoms with Gasteiger partial charge in [0.25, 0.3) is 0 Å². The van der Waals surface area contributed by atoms with E-state index in [0.29, 0.717) is 30.4 Å². The molecule has 0 spiro atoms. The molecule has 7 heteroatoms. The first-order valence-electron chi connectivity index (χ1n) is 9.70. The van der Waals surface area contributed by atoms with Gasteiger partial charge in [-0.2, -0.15) is 0 Å². The molecule has 2 N–H and O–H groups in total. The number of fused-ring (bicyclic) bond motifs is 2. The molecule has 4 heterocycles. The number of hydrogen-bond donors (Lipinski definition) is 2. The van der Waals surface area contributed by atoms with E-state index in [1.807, 2.05) is 6.07 Å². The second kappa shape index (κ2) is 8.05. The number of imidazole rings is 1. The van der Waals surface area contributed by atoms with E-state index in [1.54, 1.807) is 6.20 Å². The Morgan fingerprint density at radius 2 is 2.19 bits per heavy atom. The van der Waals surface area contributed by atoms with E-state index in [9.17, 15) is 4.79 Å². The first kappa shape index (κ1) is 17.9. The molecular formula is C19H26BrN5O.